The fourth-order valence-electron chi connectivity index (χ4n) is 0.961. The second-order valence-corrected chi connectivity index (χ2v) is 4.03. The maximum absolute atomic E-state index is 5.12. The first-order valence-corrected chi connectivity index (χ1v) is 5.30. The van der Waals surface area contributed by atoms with Gasteiger partial charge in [0.15, 0.2) is 0 Å². The van der Waals surface area contributed by atoms with Crippen molar-refractivity contribution in [3.05, 3.63) is 0 Å². The summed E-state index contributed by atoms with van der Waals surface area (Å²) in [6.07, 6.45) is 1.16. The average molecular weight is 188 g/mol. The lowest BCUT2D eigenvalue weighted by Crippen LogP contribution is -2.29. The number of nitrogens with zero attached hydrogens (tertiary/aromatic N) is 2. The summed E-state index contributed by atoms with van der Waals surface area (Å²) in [7, 11) is 6.37. The van der Waals surface area contributed by atoms with E-state index < -0.39 is 0 Å². The summed E-state index contributed by atoms with van der Waals surface area (Å²) in [6.45, 7) is 4.36. The predicted molar refractivity (Wildman–Crippen MR) is 55.2 cm³/mol. The van der Waals surface area contributed by atoms with Gasteiger partial charge in [0.25, 0.3) is 0 Å². The maximum atomic E-state index is 5.12. The zero-order chi connectivity index (χ0) is 9.40. The highest BCUT2D eigenvalue weighted by Gasteiger charge is 1.97. The van der Waals surface area contributed by atoms with E-state index >= 15 is 0 Å². The summed E-state index contributed by atoms with van der Waals surface area (Å²) >= 11 is 0.872. The summed E-state index contributed by atoms with van der Waals surface area (Å²) in [4.78, 5) is 4.56. The Hall–Kier alpha value is 0.412. The molecule has 12 heavy (non-hydrogen) atoms. The van der Waals surface area contributed by atoms with E-state index in [0.717, 1.165) is 49.3 Å². The molecule has 0 radical (unpaired) electrons. The molecule has 0 aromatic rings. The Bertz CT molecular complexity index is 101. The fourth-order valence-corrected chi connectivity index (χ4v) is 1.25. The van der Waals surface area contributed by atoms with E-state index in [9.17, 15) is 0 Å². The van der Waals surface area contributed by atoms with Crippen LogP contribution in [0.5, 0.6) is 0 Å². The second-order valence-electron chi connectivity index (χ2n) is 3.45. The van der Waals surface area contributed by atoms with Crippen LogP contribution in [0.2, 0.25) is 0 Å². The van der Waals surface area contributed by atoms with Crippen molar-refractivity contribution in [3.8, 4) is 0 Å². The van der Waals surface area contributed by atoms with Gasteiger partial charge in [0.1, 0.15) is 0 Å². The Kier molecular flexibility index (Phi) is 8.31. The largest absolute Gasteiger partial charge is 0.506 e. The summed E-state index contributed by atoms with van der Waals surface area (Å²) in [5.41, 5.74) is 0. The molecule has 0 aromatic heterocycles. The minimum Gasteiger partial charge on any atom is -0.506 e. The van der Waals surface area contributed by atoms with E-state index in [1.165, 1.54) is 0 Å². The lowest BCUT2D eigenvalue weighted by Gasteiger charge is -2.18. The number of likely N-dealkylation sites (N-methyl/N-ethyl adjacent to an activating group) is 2. The Balaban J connectivity index is 3.15. The fraction of sp³-hybridized carbons (Fsp3) is 1.00. The first-order valence-electron chi connectivity index (χ1n) is 4.49. The molecule has 0 heterocycles. The molecule has 0 aliphatic carbocycles. The molecule has 0 rings (SSSR count). The summed E-state index contributed by atoms with van der Waals surface area (Å²) < 4.78 is 5.12. The molecule has 0 saturated heterocycles. The van der Waals surface area contributed by atoms with Crippen molar-refractivity contribution in [2.75, 3.05) is 47.4 Å². The van der Waals surface area contributed by atoms with Crippen LogP contribution in [-0.4, -0.2) is 73.8 Å². The normalized spacial score (nSPS) is 11.4. The van der Waals surface area contributed by atoms with E-state index in [1.807, 2.05) is 0 Å². The van der Waals surface area contributed by atoms with Crippen LogP contribution in [0.1, 0.15) is 6.42 Å². The molecule has 72 valence electrons. The third-order valence-electron chi connectivity index (χ3n) is 1.82. The molecule has 0 N–H and O–H groups in total. The van der Waals surface area contributed by atoms with E-state index in [2.05, 4.69) is 30.9 Å². The van der Waals surface area contributed by atoms with Gasteiger partial charge in [-0.05, 0) is 34.1 Å². The molecule has 0 bridgehead atoms. The van der Waals surface area contributed by atoms with E-state index in [4.69, 9.17) is 3.79 Å². The standard InChI is InChI=1S/C8H19N2O.Al.2H/c1-9(2)6-7-10(3)5-4-8-11;;;/h4-8H2,1-3H3;;;/q-1;+1;;. The monoisotopic (exact) mass is 188 g/mol. The molecule has 4 heteroatoms. The molecule has 3 nitrogen and oxygen atoms in total. The highest BCUT2D eigenvalue weighted by molar-refractivity contribution is 5.97. The summed E-state index contributed by atoms with van der Waals surface area (Å²) in [5, 5.41) is 0. The molecule has 0 aromatic carbocycles. The smallest absolute Gasteiger partial charge is 0.410 e. The van der Waals surface area contributed by atoms with Crippen molar-refractivity contribution < 1.29 is 3.79 Å². The van der Waals surface area contributed by atoms with Crippen LogP contribution in [0.3, 0.4) is 0 Å². The minimum absolute atomic E-state index is 0.872. The quantitative estimate of drug-likeness (QED) is 0.393. The molecule has 0 aliphatic heterocycles. The lowest BCUT2D eigenvalue weighted by atomic mass is 10.4. The Morgan fingerprint density at radius 3 is 2.25 bits per heavy atom. The number of hydrogen-bond donors (Lipinski definition) is 0. The van der Waals surface area contributed by atoms with Crippen LogP contribution >= 0.6 is 0 Å². The van der Waals surface area contributed by atoms with E-state index in [0.29, 0.717) is 0 Å². The zero-order valence-electron chi connectivity index (χ0n) is 8.84. The van der Waals surface area contributed by atoms with Crippen molar-refractivity contribution in [1.82, 2.24) is 9.80 Å². The van der Waals surface area contributed by atoms with E-state index in [-0.39, 0.29) is 0 Å². The third-order valence-corrected chi connectivity index (χ3v) is 2.23. The molecular weight excluding hydrogens is 167 g/mol. The third kappa shape index (κ3) is 8.51. The highest BCUT2D eigenvalue weighted by Crippen LogP contribution is 1.88. The summed E-state index contributed by atoms with van der Waals surface area (Å²) in [5.74, 6) is 0. The lowest BCUT2D eigenvalue weighted by molar-refractivity contribution is 0.253. The molecular formula is C8H21AlN2O. The average Bonchev–Trinajstić information content (AvgIpc) is 2.01. The first kappa shape index (κ1) is 12.4. The van der Waals surface area contributed by atoms with Gasteiger partial charge in [0, 0.05) is 19.7 Å². The second kappa shape index (κ2) is 8.03. The molecule has 0 aliphatic rings. The van der Waals surface area contributed by atoms with Crippen LogP contribution in [0.4, 0.5) is 0 Å². The number of hydrogen-bond acceptors (Lipinski definition) is 3. The van der Waals surface area contributed by atoms with Crippen LogP contribution in [0.25, 0.3) is 0 Å². The molecule has 0 amide bonds. The van der Waals surface area contributed by atoms with Gasteiger partial charge in [-0.3, -0.25) is 0 Å². The minimum atomic E-state index is 0.872. The van der Waals surface area contributed by atoms with Gasteiger partial charge in [-0.25, -0.2) is 0 Å². The van der Waals surface area contributed by atoms with Crippen LogP contribution in [-0.2, 0) is 3.79 Å². The van der Waals surface area contributed by atoms with Crippen molar-refractivity contribution in [1.29, 1.82) is 0 Å². The zero-order valence-corrected chi connectivity index (χ0v) is 10.8. The summed E-state index contributed by atoms with van der Waals surface area (Å²) in [6, 6.07) is 0. The van der Waals surface area contributed by atoms with Crippen molar-refractivity contribution in [2.45, 2.75) is 6.42 Å². The van der Waals surface area contributed by atoms with Crippen molar-refractivity contribution >= 4 is 16.6 Å². The van der Waals surface area contributed by atoms with Gasteiger partial charge in [-0.15, -0.1) is 0 Å². The van der Waals surface area contributed by atoms with Crippen LogP contribution in [0.15, 0.2) is 0 Å². The van der Waals surface area contributed by atoms with Crippen molar-refractivity contribution in [2.24, 2.45) is 0 Å². The highest BCUT2D eigenvalue weighted by atomic mass is 27.1. The van der Waals surface area contributed by atoms with Crippen molar-refractivity contribution in [3.63, 3.8) is 0 Å². The topological polar surface area (TPSA) is 15.7 Å². The van der Waals surface area contributed by atoms with Crippen LogP contribution in [0, 0.1) is 0 Å². The Morgan fingerprint density at radius 2 is 1.75 bits per heavy atom. The van der Waals surface area contributed by atoms with Gasteiger partial charge in [0.05, 0.1) is 0 Å². The van der Waals surface area contributed by atoms with Gasteiger partial charge in [-0.1, -0.05) is 0 Å². The maximum Gasteiger partial charge on any atom is 0.410 e. The number of rotatable bonds is 7. The molecule has 0 unspecified atom stereocenters. The van der Waals surface area contributed by atoms with Gasteiger partial charge in [-0.2, -0.15) is 0 Å². The molecule has 0 atom stereocenters. The molecule has 0 fully saturated rings. The SMILES string of the molecule is CN(C)CCN(C)CCC[O][AlH2]. The predicted octanol–water partition coefficient (Wildman–Crippen LogP) is -0.565. The Morgan fingerprint density at radius 1 is 1.08 bits per heavy atom. The van der Waals surface area contributed by atoms with Gasteiger partial charge < -0.3 is 13.6 Å². The van der Waals surface area contributed by atoms with Crippen LogP contribution < -0.4 is 0 Å². The molecule has 0 spiro atoms. The van der Waals surface area contributed by atoms with Gasteiger partial charge >= 0.3 is 16.6 Å². The Labute approximate surface area is 84.4 Å². The van der Waals surface area contributed by atoms with Gasteiger partial charge in [0.2, 0.25) is 0 Å². The first-order chi connectivity index (χ1) is 5.66. The van der Waals surface area contributed by atoms with E-state index in [1.54, 1.807) is 0 Å². The molecule has 0 saturated carbocycles.